The first-order valence-electron chi connectivity index (χ1n) is 12.3. The molecule has 188 valence electrons. The third-order valence-corrected chi connectivity index (χ3v) is 7.34. The second kappa shape index (κ2) is 8.70. The molecule has 1 spiro atoms. The SMILES string of the molecule is CCOc1ccc2ccc(-c3nnc4ccc([C@@H](N5CCC6(CCCN6)C5)C(F)(F)F)cn34)nc2c1. The van der Waals surface area contributed by atoms with Crippen molar-refractivity contribution in [3.05, 3.63) is 54.2 Å². The van der Waals surface area contributed by atoms with Gasteiger partial charge in [-0.05, 0) is 62.6 Å². The molecule has 2 aliphatic rings. The molecule has 10 heteroatoms. The summed E-state index contributed by atoms with van der Waals surface area (Å²) in [6.07, 6.45) is -0.252. The van der Waals surface area contributed by atoms with E-state index in [1.807, 2.05) is 37.3 Å². The molecule has 0 bridgehead atoms. The van der Waals surface area contributed by atoms with Crippen LogP contribution >= 0.6 is 0 Å². The average molecular weight is 497 g/mol. The number of rotatable bonds is 5. The maximum atomic E-state index is 14.4. The maximum Gasteiger partial charge on any atom is 0.408 e. The first kappa shape index (κ1) is 23.2. The number of pyridine rings is 2. The third kappa shape index (κ3) is 4.08. The van der Waals surface area contributed by atoms with Crippen LogP contribution in [0.4, 0.5) is 13.2 Å². The Morgan fingerprint density at radius 1 is 1.11 bits per heavy atom. The average Bonchev–Trinajstić information content (AvgIpc) is 3.59. The monoisotopic (exact) mass is 496 g/mol. The van der Waals surface area contributed by atoms with Crippen molar-refractivity contribution < 1.29 is 17.9 Å². The maximum absolute atomic E-state index is 14.4. The Bertz CT molecular complexity index is 1410. The summed E-state index contributed by atoms with van der Waals surface area (Å²) >= 11 is 0. The van der Waals surface area contributed by atoms with E-state index in [1.54, 1.807) is 15.4 Å². The predicted octanol–water partition coefficient (Wildman–Crippen LogP) is 4.77. The number of alkyl halides is 3. The lowest BCUT2D eigenvalue weighted by molar-refractivity contribution is -0.184. The number of likely N-dealkylation sites (tertiary alicyclic amines) is 1. The van der Waals surface area contributed by atoms with Gasteiger partial charge >= 0.3 is 6.18 Å². The van der Waals surface area contributed by atoms with Gasteiger partial charge < -0.3 is 10.1 Å². The van der Waals surface area contributed by atoms with Gasteiger partial charge in [0.1, 0.15) is 17.5 Å². The molecule has 6 rings (SSSR count). The van der Waals surface area contributed by atoms with Gasteiger partial charge in [-0.25, -0.2) is 4.98 Å². The summed E-state index contributed by atoms with van der Waals surface area (Å²) in [4.78, 5) is 6.28. The second-order valence-electron chi connectivity index (χ2n) is 9.67. The first-order chi connectivity index (χ1) is 17.4. The van der Waals surface area contributed by atoms with Crippen LogP contribution in [0.25, 0.3) is 28.1 Å². The minimum atomic E-state index is -4.41. The first-order valence-corrected chi connectivity index (χ1v) is 12.3. The van der Waals surface area contributed by atoms with Crippen LogP contribution < -0.4 is 10.1 Å². The molecular formula is C26H27F3N6O. The Balaban J connectivity index is 1.39. The van der Waals surface area contributed by atoms with E-state index < -0.39 is 12.2 Å². The second-order valence-corrected chi connectivity index (χ2v) is 9.67. The highest BCUT2D eigenvalue weighted by atomic mass is 19.4. The molecule has 1 N–H and O–H groups in total. The van der Waals surface area contributed by atoms with E-state index in [9.17, 15) is 13.2 Å². The highest BCUT2D eigenvalue weighted by Gasteiger charge is 2.50. The molecule has 36 heavy (non-hydrogen) atoms. The van der Waals surface area contributed by atoms with E-state index in [1.165, 1.54) is 12.3 Å². The van der Waals surface area contributed by atoms with Gasteiger partial charge in [-0.3, -0.25) is 9.30 Å². The number of hydrogen-bond acceptors (Lipinski definition) is 6. The van der Waals surface area contributed by atoms with Crippen LogP contribution in [0.5, 0.6) is 5.75 Å². The van der Waals surface area contributed by atoms with Crippen LogP contribution in [0.15, 0.2) is 48.7 Å². The molecule has 2 fully saturated rings. The van der Waals surface area contributed by atoms with Gasteiger partial charge in [-0.15, -0.1) is 10.2 Å². The van der Waals surface area contributed by atoms with Crippen molar-refractivity contribution in [2.75, 3.05) is 26.2 Å². The van der Waals surface area contributed by atoms with Crippen LogP contribution in [-0.4, -0.2) is 62.4 Å². The Hall–Kier alpha value is -3.24. The van der Waals surface area contributed by atoms with Gasteiger partial charge in [0.2, 0.25) is 0 Å². The fourth-order valence-corrected chi connectivity index (χ4v) is 5.67. The lowest BCUT2D eigenvalue weighted by Gasteiger charge is -2.32. The Morgan fingerprint density at radius 2 is 1.97 bits per heavy atom. The summed E-state index contributed by atoms with van der Waals surface area (Å²) < 4.78 is 50.5. The van der Waals surface area contributed by atoms with Crippen LogP contribution in [0, 0.1) is 0 Å². The molecule has 0 amide bonds. The highest BCUT2D eigenvalue weighted by Crippen LogP contribution is 2.43. The van der Waals surface area contributed by atoms with Crippen LogP contribution in [-0.2, 0) is 0 Å². The zero-order valence-electron chi connectivity index (χ0n) is 19.9. The molecule has 5 heterocycles. The topological polar surface area (TPSA) is 67.6 Å². The van der Waals surface area contributed by atoms with Gasteiger partial charge in [0.15, 0.2) is 11.5 Å². The van der Waals surface area contributed by atoms with Crippen LogP contribution in [0.1, 0.15) is 37.8 Å². The number of aromatic nitrogens is 4. The molecular weight excluding hydrogens is 469 g/mol. The molecule has 2 saturated heterocycles. The summed E-state index contributed by atoms with van der Waals surface area (Å²) in [5.41, 5.74) is 1.68. The molecule has 0 radical (unpaired) electrons. The summed E-state index contributed by atoms with van der Waals surface area (Å²) in [5.74, 6) is 1.10. The Kier molecular flexibility index (Phi) is 5.60. The van der Waals surface area contributed by atoms with Crippen molar-refractivity contribution in [2.24, 2.45) is 0 Å². The van der Waals surface area contributed by atoms with Gasteiger partial charge in [-0.1, -0.05) is 12.1 Å². The van der Waals surface area contributed by atoms with E-state index in [0.29, 0.717) is 48.1 Å². The summed E-state index contributed by atoms with van der Waals surface area (Å²) in [7, 11) is 0. The van der Waals surface area contributed by atoms with Crippen molar-refractivity contribution in [3.63, 3.8) is 0 Å². The van der Waals surface area contributed by atoms with Crippen molar-refractivity contribution in [1.82, 2.24) is 29.8 Å². The number of nitrogens with one attached hydrogen (secondary N) is 1. The number of halogens is 3. The van der Waals surface area contributed by atoms with Gasteiger partial charge in [0, 0.05) is 36.3 Å². The largest absolute Gasteiger partial charge is 0.494 e. The fraction of sp³-hybridized carbons (Fsp3) is 0.423. The van der Waals surface area contributed by atoms with E-state index in [0.717, 1.165) is 31.2 Å². The zero-order chi connectivity index (χ0) is 24.9. The van der Waals surface area contributed by atoms with Crippen molar-refractivity contribution in [3.8, 4) is 17.3 Å². The molecule has 1 unspecified atom stereocenters. The molecule has 0 aliphatic carbocycles. The van der Waals surface area contributed by atoms with E-state index in [-0.39, 0.29) is 11.1 Å². The lowest BCUT2D eigenvalue weighted by atomic mass is 9.97. The molecule has 2 atom stereocenters. The Morgan fingerprint density at radius 3 is 2.75 bits per heavy atom. The van der Waals surface area contributed by atoms with E-state index >= 15 is 0 Å². The van der Waals surface area contributed by atoms with Crippen molar-refractivity contribution in [2.45, 2.75) is 43.9 Å². The van der Waals surface area contributed by atoms with Crippen molar-refractivity contribution in [1.29, 1.82) is 0 Å². The van der Waals surface area contributed by atoms with Gasteiger partial charge in [-0.2, -0.15) is 13.2 Å². The Labute approximate surface area is 206 Å². The molecule has 1 aromatic carbocycles. The number of ether oxygens (including phenoxy) is 1. The lowest BCUT2D eigenvalue weighted by Crippen LogP contribution is -2.45. The number of hydrogen-bond donors (Lipinski definition) is 1. The summed E-state index contributed by atoms with van der Waals surface area (Å²) in [6.45, 7) is 4.11. The fourth-order valence-electron chi connectivity index (χ4n) is 5.67. The molecule has 4 aromatic rings. The molecule has 7 nitrogen and oxygen atoms in total. The normalized spacial score (nSPS) is 21.7. The summed E-state index contributed by atoms with van der Waals surface area (Å²) in [5, 5.41) is 12.8. The molecule has 2 aliphatic heterocycles. The smallest absolute Gasteiger partial charge is 0.408 e. The van der Waals surface area contributed by atoms with Crippen LogP contribution in [0.3, 0.4) is 0 Å². The minimum absolute atomic E-state index is 0.172. The number of fused-ring (bicyclic) bond motifs is 2. The van der Waals surface area contributed by atoms with E-state index in [2.05, 4.69) is 15.5 Å². The quantitative estimate of drug-likeness (QED) is 0.429. The predicted molar refractivity (Wildman–Crippen MR) is 130 cm³/mol. The third-order valence-electron chi connectivity index (χ3n) is 7.34. The zero-order valence-corrected chi connectivity index (χ0v) is 19.9. The molecule has 3 aromatic heterocycles. The number of benzene rings is 1. The van der Waals surface area contributed by atoms with Crippen LogP contribution in [0.2, 0.25) is 0 Å². The standard InChI is InChI=1S/C26H27F3N6O/c1-2-36-19-7-4-17-5-8-20(31-21(17)14-19)24-33-32-22-9-6-18(15-35(22)24)23(26(27,28)29)34-13-11-25(16-34)10-3-12-30-25/h4-9,14-15,23,30H,2-3,10-13,16H2,1H3/t23-,25?/m1/s1. The molecule has 0 saturated carbocycles. The minimum Gasteiger partial charge on any atom is -0.494 e. The summed E-state index contributed by atoms with van der Waals surface area (Å²) in [6, 6.07) is 10.8. The van der Waals surface area contributed by atoms with Gasteiger partial charge in [0.25, 0.3) is 0 Å². The van der Waals surface area contributed by atoms with Gasteiger partial charge in [0.05, 0.1) is 12.1 Å². The highest BCUT2D eigenvalue weighted by molar-refractivity contribution is 5.82. The van der Waals surface area contributed by atoms with Crippen molar-refractivity contribution >= 4 is 16.6 Å². The van der Waals surface area contributed by atoms with E-state index in [4.69, 9.17) is 9.72 Å². The number of nitrogens with zero attached hydrogens (tertiary/aromatic N) is 5.